The van der Waals surface area contributed by atoms with Gasteiger partial charge in [0.1, 0.15) is 5.82 Å². The highest BCUT2D eigenvalue weighted by Gasteiger charge is 2.07. The molecular formula is C16H17N3O2. The molecule has 0 aliphatic rings. The molecule has 0 spiro atoms. The van der Waals surface area contributed by atoms with Gasteiger partial charge in [-0.1, -0.05) is 13.8 Å². The van der Waals surface area contributed by atoms with Gasteiger partial charge in [-0.25, -0.2) is 4.98 Å². The molecule has 5 nitrogen and oxygen atoms in total. The molecule has 0 saturated carbocycles. The van der Waals surface area contributed by atoms with E-state index in [0.29, 0.717) is 24.2 Å². The van der Waals surface area contributed by atoms with Gasteiger partial charge in [0.05, 0.1) is 0 Å². The Morgan fingerprint density at radius 3 is 2.62 bits per heavy atom. The first kappa shape index (κ1) is 14.8. The number of anilines is 1. The van der Waals surface area contributed by atoms with Crippen LogP contribution in [0.15, 0.2) is 36.8 Å². The molecule has 0 aliphatic carbocycles. The third-order valence-corrected chi connectivity index (χ3v) is 3.06. The lowest BCUT2D eigenvalue weighted by atomic mass is 10.0. The van der Waals surface area contributed by atoms with Gasteiger partial charge in [0, 0.05) is 42.6 Å². The number of carbonyl (C=O) groups excluding carboxylic acids is 2. The number of amides is 1. The van der Waals surface area contributed by atoms with E-state index in [2.05, 4.69) is 15.3 Å². The van der Waals surface area contributed by atoms with Crippen molar-refractivity contribution in [1.29, 1.82) is 0 Å². The fraction of sp³-hybridized carbons (Fsp3) is 0.250. The number of aromatic nitrogens is 2. The molecule has 1 N–H and O–H groups in total. The van der Waals surface area contributed by atoms with Gasteiger partial charge < -0.3 is 5.32 Å². The molecule has 0 aromatic carbocycles. The number of nitrogens with zero attached hydrogens (tertiary/aromatic N) is 2. The topological polar surface area (TPSA) is 72.0 Å². The SMILES string of the molecule is CCC(=O)Nc1cc(-c2cncc(C(=O)CC)c2)ccn1. The number of pyridine rings is 2. The summed E-state index contributed by atoms with van der Waals surface area (Å²) in [6.45, 7) is 3.60. The molecule has 2 aromatic heterocycles. The zero-order valence-electron chi connectivity index (χ0n) is 12.1. The van der Waals surface area contributed by atoms with Crippen molar-refractivity contribution in [2.45, 2.75) is 26.7 Å². The van der Waals surface area contributed by atoms with E-state index in [0.717, 1.165) is 11.1 Å². The lowest BCUT2D eigenvalue weighted by molar-refractivity contribution is -0.115. The van der Waals surface area contributed by atoms with Gasteiger partial charge in [-0.2, -0.15) is 0 Å². The minimum atomic E-state index is -0.0901. The summed E-state index contributed by atoms with van der Waals surface area (Å²) >= 11 is 0. The van der Waals surface area contributed by atoms with Gasteiger partial charge in [0.25, 0.3) is 0 Å². The second-order valence-electron chi connectivity index (χ2n) is 4.57. The molecule has 0 unspecified atom stereocenters. The van der Waals surface area contributed by atoms with E-state index in [1.54, 1.807) is 37.6 Å². The first-order valence-corrected chi connectivity index (χ1v) is 6.88. The zero-order chi connectivity index (χ0) is 15.2. The van der Waals surface area contributed by atoms with Crippen LogP contribution in [0.2, 0.25) is 0 Å². The maximum Gasteiger partial charge on any atom is 0.225 e. The van der Waals surface area contributed by atoms with Crippen LogP contribution in [0.25, 0.3) is 11.1 Å². The molecule has 0 fully saturated rings. The van der Waals surface area contributed by atoms with Crippen molar-refractivity contribution in [3.8, 4) is 11.1 Å². The van der Waals surface area contributed by atoms with Gasteiger partial charge >= 0.3 is 0 Å². The molecule has 1 amide bonds. The van der Waals surface area contributed by atoms with Crippen LogP contribution < -0.4 is 5.32 Å². The second-order valence-corrected chi connectivity index (χ2v) is 4.57. The van der Waals surface area contributed by atoms with Gasteiger partial charge in [0.15, 0.2) is 5.78 Å². The fourth-order valence-corrected chi connectivity index (χ4v) is 1.86. The summed E-state index contributed by atoms with van der Waals surface area (Å²) in [5.41, 5.74) is 2.27. The summed E-state index contributed by atoms with van der Waals surface area (Å²) in [6, 6.07) is 5.39. The Labute approximate surface area is 123 Å². The number of nitrogens with one attached hydrogen (secondary N) is 1. The Balaban J connectivity index is 2.31. The molecule has 2 heterocycles. The molecule has 0 radical (unpaired) electrons. The summed E-state index contributed by atoms with van der Waals surface area (Å²) in [4.78, 5) is 31.4. The van der Waals surface area contributed by atoms with E-state index in [9.17, 15) is 9.59 Å². The average Bonchev–Trinajstić information content (AvgIpc) is 2.54. The minimum Gasteiger partial charge on any atom is -0.311 e. The molecule has 2 aromatic rings. The van der Waals surface area contributed by atoms with Crippen LogP contribution in [-0.2, 0) is 4.79 Å². The lowest BCUT2D eigenvalue weighted by Gasteiger charge is -2.07. The van der Waals surface area contributed by atoms with Gasteiger partial charge in [-0.05, 0) is 23.8 Å². The quantitative estimate of drug-likeness (QED) is 0.856. The Morgan fingerprint density at radius 1 is 1.10 bits per heavy atom. The molecule has 0 saturated heterocycles. The highest BCUT2D eigenvalue weighted by Crippen LogP contribution is 2.22. The summed E-state index contributed by atoms with van der Waals surface area (Å²) in [5, 5.41) is 2.71. The standard InChI is InChI=1S/C16H17N3O2/c1-3-14(20)13-7-12(9-17-10-13)11-5-6-18-15(8-11)19-16(21)4-2/h5-10H,3-4H2,1-2H3,(H,18,19,21). The monoisotopic (exact) mass is 283 g/mol. The van der Waals surface area contributed by atoms with Crippen molar-refractivity contribution in [1.82, 2.24) is 9.97 Å². The van der Waals surface area contributed by atoms with Gasteiger partial charge in [-0.3, -0.25) is 14.6 Å². The van der Waals surface area contributed by atoms with E-state index in [1.807, 2.05) is 13.0 Å². The van der Waals surface area contributed by atoms with Crippen molar-refractivity contribution in [3.63, 3.8) is 0 Å². The predicted molar refractivity (Wildman–Crippen MR) is 81.0 cm³/mol. The van der Waals surface area contributed by atoms with E-state index < -0.39 is 0 Å². The van der Waals surface area contributed by atoms with Crippen molar-refractivity contribution in [2.75, 3.05) is 5.32 Å². The Bertz CT molecular complexity index is 668. The molecule has 21 heavy (non-hydrogen) atoms. The zero-order valence-corrected chi connectivity index (χ0v) is 12.1. The summed E-state index contributed by atoms with van der Waals surface area (Å²) < 4.78 is 0. The largest absolute Gasteiger partial charge is 0.311 e. The van der Waals surface area contributed by atoms with Gasteiger partial charge in [0.2, 0.25) is 5.91 Å². The highest BCUT2D eigenvalue weighted by atomic mass is 16.1. The summed E-state index contributed by atoms with van der Waals surface area (Å²) in [5.74, 6) is 0.456. The minimum absolute atomic E-state index is 0.0536. The van der Waals surface area contributed by atoms with Crippen LogP contribution >= 0.6 is 0 Å². The van der Waals surface area contributed by atoms with Crippen LogP contribution in [-0.4, -0.2) is 21.7 Å². The Hall–Kier alpha value is -2.56. The van der Waals surface area contributed by atoms with Crippen molar-refractivity contribution in [2.24, 2.45) is 0 Å². The average molecular weight is 283 g/mol. The van der Waals surface area contributed by atoms with Crippen LogP contribution in [0.1, 0.15) is 37.0 Å². The number of carbonyl (C=O) groups is 2. The lowest BCUT2D eigenvalue weighted by Crippen LogP contribution is -2.10. The second kappa shape index (κ2) is 6.74. The number of hydrogen-bond acceptors (Lipinski definition) is 4. The number of Topliss-reactive ketones (excluding diaryl/α,β-unsaturated/α-hetero) is 1. The van der Waals surface area contributed by atoms with Crippen molar-refractivity contribution >= 4 is 17.5 Å². The van der Waals surface area contributed by atoms with Crippen LogP contribution in [0.3, 0.4) is 0 Å². The van der Waals surface area contributed by atoms with Crippen LogP contribution in [0.5, 0.6) is 0 Å². The molecule has 108 valence electrons. The molecule has 2 rings (SSSR count). The fourth-order valence-electron chi connectivity index (χ4n) is 1.86. The molecule has 0 atom stereocenters. The Kier molecular flexibility index (Phi) is 4.77. The first-order chi connectivity index (χ1) is 10.1. The summed E-state index contributed by atoms with van der Waals surface area (Å²) in [7, 11) is 0. The maximum absolute atomic E-state index is 11.7. The third-order valence-electron chi connectivity index (χ3n) is 3.06. The number of ketones is 1. The molecule has 5 heteroatoms. The van der Waals surface area contributed by atoms with Gasteiger partial charge in [-0.15, -0.1) is 0 Å². The van der Waals surface area contributed by atoms with Crippen LogP contribution in [0.4, 0.5) is 5.82 Å². The number of hydrogen-bond donors (Lipinski definition) is 1. The van der Waals surface area contributed by atoms with Crippen molar-refractivity contribution < 1.29 is 9.59 Å². The molecule has 0 bridgehead atoms. The molecular weight excluding hydrogens is 266 g/mol. The predicted octanol–water partition coefficient (Wildman–Crippen LogP) is 3.08. The van der Waals surface area contributed by atoms with E-state index in [4.69, 9.17) is 0 Å². The number of rotatable bonds is 5. The van der Waals surface area contributed by atoms with E-state index in [1.165, 1.54) is 0 Å². The Morgan fingerprint density at radius 2 is 1.90 bits per heavy atom. The first-order valence-electron chi connectivity index (χ1n) is 6.88. The molecule has 0 aliphatic heterocycles. The van der Waals surface area contributed by atoms with Crippen LogP contribution in [0, 0.1) is 0 Å². The normalized spacial score (nSPS) is 10.2. The maximum atomic E-state index is 11.7. The van der Waals surface area contributed by atoms with Crippen molar-refractivity contribution in [3.05, 3.63) is 42.4 Å². The highest BCUT2D eigenvalue weighted by molar-refractivity contribution is 5.96. The third kappa shape index (κ3) is 3.72. The van der Waals surface area contributed by atoms with E-state index in [-0.39, 0.29) is 11.7 Å². The smallest absolute Gasteiger partial charge is 0.225 e. The summed E-state index contributed by atoms with van der Waals surface area (Å²) in [6.07, 6.45) is 5.71. The van der Waals surface area contributed by atoms with E-state index >= 15 is 0 Å².